The van der Waals surface area contributed by atoms with Crippen LogP contribution in [0.25, 0.3) is 6.08 Å². The van der Waals surface area contributed by atoms with Crippen molar-refractivity contribution < 1.29 is 19.1 Å². The van der Waals surface area contributed by atoms with Gasteiger partial charge in [-0.3, -0.25) is 14.4 Å². The number of methoxy groups -OCH3 is 1. The van der Waals surface area contributed by atoms with Gasteiger partial charge in [0.25, 0.3) is 0 Å². The molecule has 1 aromatic rings. The van der Waals surface area contributed by atoms with Crippen molar-refractivity contribution >= 4 is 23.9 Å². The third-order valence-electron chi connectivity index (χ3n) is 4.03. The maximum Gasteiger partial charge on any atom is 0.325 e. The number of carbonyl (C=O) groups excluding carboxylic acids is 3. The van der Waals surface area contributed by atoms with Gasteiger partial charge in [-0.25, -0.2) is 0 Å². The van der Waals surface area contributed by atoms with E-state index in [-0.39, 0.29) is 24.3 Å². The zero-order valence-corrected chi connectivity index (χ0v) is 13.7. The van der Waals surface area contributed by atoms with Gasteiger partial charge in [-0.05, 0) is 24.5 Å². The summed E-state index contributed by atoms with van der Waals surface area (Å²) in [6.07, 6.45) is 4.54. The van der Waals surface area contributed by atoms with Gasteiger partial charge in [-0.15, -0.1) is 0 Å². The van der Waals surface area contributed by atoms with Gasteiger partial charge in [0.05, 0.1) is 7.11 Å². The molecule has 1 fully saturated rings. The normalized spacial score (nSPS) is 15.3. The highest BCUT2D eigenvalue weighted by atomic mass is 16.5. The Kier molecular flexibility index (Phi) is 6.54. The first-order valence-corrected chi connectivity index (χ1v) is 7.96. The van der Waals surface area contributed by atoms with E-state index < -0.39 is 5.97 Å². The topological polar surface area (TPSA) is 75.7 Å². The van der Waals surface area contributed by atoms with Crippen LogP contribution in [0, 0.1) is 5.92 Å². The first kappa shape index (κ1) is 17.7. The first-order valence-electron chi connectivity index (χ1n) is 7.96. The summed E-state index contributed by atoms with van der Waals surface area (Å²) >= 11 is 0. The number of likely N-dealkylation sites (tertiary alicyclic amines) is 1. The largest absolute Gasteiger partial charge is 0.468 e. The Morgan fingerprint density at radius 2 is 1.88 bits per heavy atom. The Morgan fingerprint density at radius 3 is 2.50 bits per heavy atom. The van der Waals surface area contributed by atoms with E-state index in [4.69, 9.17) is 0 Å². The molecule has 1 aliphatic rings. The summed E-state index contributed by atoms with van der Waals surface area (Å²) in [5.41, 5.74) is 0.975. The van der Waals surface area contributed by atoms with Gasteiger partial charge in [0, 0.05) is 25.1 Å². The summed E-state index contributed by atoms with van der Waals surface area (Å²) in [6.45, 7) is 0.955. The molecule has 0 aliphatic carbocycles. The Labute approximate surface area is 141 Å². The third kappa shape index (κ3) is 5.22. The minimum absolute atomic E-state index is 0.0488. The Balaban J connectivity index is 1.77. The number of piperidine rings is 1. The smallest absolute Gasteiger partial charge is 0.325 e. The van der Waals surface area contributed by atoms with Crippen LogP contribution >= 0.6 is 0 Å². The molecule has 1 N–H and O–H groups in total. The molecular formula is C18H22N2O4. The van der Waals surface area contributed by atoms with Crippen molar-refractivity contribution in [1.82, 2.24) is 10.2 Å². The highest BCUT2D eigenvalue weighted by molar-refractivity contribution is 5.92. The number of hydrogen-bond acceptors (Lipinski definition) is 4. The lowest BCUT2D eigenvalue weighted by molar-refractivity contribution is -0.141. The van der Waals surface area contributed by atoms with E-state index in [1.807, 2.05) is 30.3 Å². The highest BCUT2D eigenvalue weighted by Crippen LogP contribution is 2.17. The predicted octanol–water partition coefficient (Wildman–Crippen LogP) is 1.23. The van der Waals surface area contributed by atoms with E-state index in [2.05, 4.69) is 10.1 Å². The molecule has 128 valence electrons. The van der Waals surface area contributed by atoms with Crippen molar-refractivity contribution in [3.05, 3.63) is 42.0 Å². The number of esters is 1. The van der Waals surface area contributed by atoms with E-state index in [9.17, 15) is 14.4 Å². The van der Waals surface area contributed by atoms with Gasteiger partial charge in [0.2, 0.25) is 11.8 Å². The molecular weight excluding hydrogens is 308 g/mol. The average Bonchev–Trinajstić information content (AvgIpc) is 2.64. The lowest BCUT2D eigenvalue weighted by Crippen LogP contribution is -2.43. The number of nitrogens with one attached hydrogen (secondary N) is 1. The van der Waals surface area contributed by atoms with Crippen LogP contribution in [-0.2, 0) is 19.1 Å². The SMILES string of the molecule is COC(=O)CNC(=O)C1CCN(C(=O)/C=C/c2ccccc2)CC1. The lowest BCUT2D eigenvalue weighted by atomic mass is 9.96. The molecule has 2 amide bonds. The van der Waals surface area contributed by atoms with Gasteiger partial charge >= 0.3 is 5.97 Å². The van der Waals surface area contributed by atoms with Gasteiger partial charge < -0.3 is 15.0 Å². The molecule has 1 saturated heterocycles. The van der Waals surface area contributed by atoms with Crippen LogP contribution in [0.5, 0.6) is 0 Å². The Morgan fingerprint density at radius 1 is 1.21 bits per heavy atom. The summed E-state index contributed by atoms with van der Waals surface area (Å²) in [5.74, 6) is -0.849. The van der Waals surface area contributed by atoms with Crippen molar-refractivity contribution in [1.29, 1.82) is 0 Å². The fraction of sp³-hybridized carbons (Fsp3) is 0.389. The number of nitrogens with zero attached hydrogens (tertiary/aromatic N) is 1. The predicted molar refractivity (Wildman–Crippen MR) is 89.8 cm³/mol. The summed E-state index contributed by atoms with van der Waals surface area (Å²) in [7, 11) is 1.28. The Hall–Kier alpha value is -2.63. The van der Waals surface area contributed by atoms with E-state index >= 15 is 0 Å². The second-order valence-electron chi connectivity index (χ2n) is 5.64. The molecule has 6 heteroatoms. The zero-order chi connectivity index (χ0) is 17.4. The van der Waals surface area contributed by atoms with Crippen molar-refractivity contribution in [2.75, 3.05) is 26.7 Å². The third-order valence-corrected chi connectivity index (χ3v) is 4.03. The number of carbonyl (C=O) groups is 3. The van der Waals surface area contributed by atoms with Gasteiger partial charge in [0.1, 0.15) is 6.54 Å². The van der Waals surface area contributed by atoms with E-state index in [1.54, 1.807) is 17.1 Å². The van der Waals surface area contributed by atoms with Crippen molar-refractivity contribution in [3.63, 3.8) is 0 Å². The summed E-state index contributed by atoms with van der Waals surface area (Å²) < 4.78 is 4.49. The molecule has 0 saturated carbocycles. The van der Waals surface area contributed by atoms with Gasteiger partial charge in [-0.2, -0.15) is 0 Å². The second-order valence-corrected chi connectivity index (χ2v) is 5.64. The van der Waals surface area contributed by atoms with Crippen LogP contribution in [0.4, 0.5) is 0 Å². The molecule has 0 aromatic heterocycles. The average molecular weight is 330 g/mol. The van der Waals surface area contributed by atoms with Crippen LogP contribution < -0.4 is 5.32 Å². The molecule has 24 heavy (non-hydrogen) atoms. The lowest BCUT2D eigenvalue weighted by Gasteiger charge is -2.30. The molecule has 2 rings (SSSR count). The van der Waals surface area contributed by atoms with E-state index in [0.717, 1.165) is 5.56 Å². The quantitative estimate of drug-likeness (QED) is 0.651. The summed E-state index contributed by atoms with van der Waals surface area (Å²) in [4.78, 5) is 36.9. The minimum atomic E-state index is -0.470. The minimum Gasteiger partial charge on any atom is -0.468 e. The molecule has 0 unspecified atom stereocenters. The van der Waals surface area contributed by atoms with Crippen molar-refractivity contribution in [2.45, 2.75) is 12.8 Å². The summed E-state index contributed by atoms with van der Waals surface area (Å²) in [6, 6.07) is 9.63. The van der Waals surface area contributed by atoms with Crippen LogP contribution in [0.2, 0.25) is 0 Å². The standard InChI is InChI=1S/C18H22N2O4/c1-24-17(22)13-19-18(23)15-9-11-20(12-10-15)16(21)8-7-14-5-3-2-4-6-14/h2-8,15H,9-13H2,1H3,(H,19,23)/b8-7+. The number of rotatable bonds is 5. The van der Waals surface area contributed by atoms with Crippen LogP contribution in [-0.4, -0.2) is 49.4 Å². The molecule has 0 atom stereocenters. The number of amides is 2. The van der Waals surface area contributed by atoms with Crippen molar-refractivity contribution in [3.8, 4) is 0 Å². The highest BCUT2D eigenvalue weighted by Gasteiger charge is 2.26. The first-order chi connectivity index (χ1) is 11.6. The monoisotopic (exact) mass is 330 g/mol. The number of hydrogen-bond donors (Lipinski definition) is 1. The van der Waals surface area contributed by atoms with E-state index in [1.165, 1.54) is 7.11 Å². The fourth-order valence-corrected chi connectivity index (χ4v) is 2.57. The van der Waals surface area contributed by atoms with Crippen LogP contribution in [0.3, 0.4) is 0 Å². The van der Waals surface area contributed by atoms with Crippen molar-refractivity contribution in [2.24, 2.45) is 5.92 Å². The Bertz CT molecular complexity index is 605. The molecule has 0 spiro atoms. The molecule has 6 nitrogen and oxygen atoms in total. The second kappa shape index (κ2) is 8.86. The molecule has 1 aromatic carbocycles. The number of benzene rings is 1. The summed E-state index contributed by atoms with van der Waals surface area (Å²) in [5, 5.41) is 2.56. The zero-order valence-electron chi connectivity index (χ0n) is 13.7. The van der Waals surface area contributed by atoms with Crippen LogP contribution in [0.1, 0.15) is 18.4 Å². The maximum absolute atomic E-state index is 12.2. The molecule has 0 radical (unpaired) electrons. The fourth-order valence-electron chi connectivity index (χ4n) is 2.57. The van der Waals surface area contributed by atoms with Gasteiger partial charge in [-0.1, -0.05) is 30.3 Å². The van der Waals surface area contributed by atoms with Gasteiger partial charge in [0.15, 0.2) is 0 Å². The van der Waals surface area contributed by atoms with Crippen LogP contribution in [0.15, 0.2) is 36.4 Å². The maximum atomic E-state index is 12.2. The number of ether oxygens (including phenoxy) is 1. The molecule has 1 aliphatic heterocycles. The van der Waals surface area contributed by atoms with E-state index in [0.29, 0.717) is 25.9 Å². The molecule has 1 heterocycles. The molecule has 0 bridgehead atoms.